The van der Waals surface area contributed by atoms with Gasteiger partial charge in [-0.1, -0.05) is 55.8 Å². The van der Waals surface area contributed by atoms with E-state index < -0.39 is 0 Å². The lowest BCUT2D eigenvalue weighted by Gasteiger charge is -2.39. The topological polar surface area (TPSA) is 25.2 Å². The lowest BCUT2D eigenvalue weighted by atomic mass is 9.89. The van der Waals surface area contributed by atoms with Gasteiger partial charge in [-0.25, -0.2) is 0 Å². The largest absolute Gasteiger partial charge is 0.333 e. The lowest BCUT2D eigenvalue weighted by molar-refractivity contribution is -0.137. The maximum atomic E-state index is 13.0. The number of carbonyl (C=O) groups is 1. The number of aromatic nitrogens is 1. The minimum atomic E-state index is 0.220. The van der Waals surface area contributed by atoms with Crippen molar-refractivity contribution in [3.8, 4) is 0 Å². The summed E-state index contributed by atoms with van der Waals surface area (Å²) in [5.41, 5.74) is 6.60. The van der Waals surface area contributed by atoms with Crippen LogP contribution in [0.2, 0.25) is 0 Å². The second kappa shape index (κ2) is 7.22. The molecule has 1 aliphatic carbocycles. The van der Waals surface area contributed by atoms with Crippen molar-refractivity contribution in [3.63, 3.8) is 0 Å². The number of rotatable bonds is 2. The Morgan fingerprint density at radius 2 is 1.85 bits per heavy atom. The molecule has 140 valence electrons. The molecule has 1 aromatic heterocycles. The van der Waals surface area contributed by atoms with Crippen LogP contribution in [-0.4, -0.2) is 15.4 Å². The summed E-state index contributed by atoms with van der Waals surface area (Å²) in [4.78, 5) is 15.1. The second-order valence-electron chi connectivity index (χ2n) is 7.39. The minimum Gasteiger partial charge on any atom is -0.333 e. The summed E-state index contributed by atoms with van der Waals surface area (Å²) in [5.74, 6) is 0.243. The summed E-state index contributed by atoms with van der Waals surface area (Å²) in [6, 6.07) is 17.2. The Morgan fingerprint density at radius 1 is 1.07 bits per heavy atom. The fourth-order valence-electron chi connectivity index (χ4n) is 4.66. The van der Waals surface area contributed by atoms with Crippen LogP contribution in [0, 0.1) is 6.92 Å². The van der Waals surface area contributed by atoms with Crippen LogP contribution in [0.15, 0.2) is 48.5 Å². The SMILES string of the molecule is CC.Cc1ccc2c(c1)c1c3n2CC(=O)N(Cc2ccccc2)C3CCC1. The number of fused-ring (bicyclic) bond motifs is 3. The summed E-state index contributed by atoms with van der Waals surface area (Å²) in [6.07, 6.45) is 3.36. The highest BCUT2D eigenvalue weighted by atomic mass is 16.2. The fraction of sp³-hybridized carbons (Fsp3) is 0.375. The summed E-state index contributed by atoms with van der Waals surface area (Å²) in [7, 11) is 0. The second-order valence-corrected chi connectivity index (χ2v) is 7.39. The van der Waals surface area contributed by atoms with Crippen molar-refractivity contribution in [3.05, 3.63) is 70.9 Å². The summed E-state index contributed by atoms with van der Waals surface area (Å²) < 4.78 is 2.29. The standard InChI is InChI=1S/C22H22N2O.C2H6/c1-15-10-11-19-18(12-15)17-8-5-9-20-22(17)24(19)14-21(25)23(20)13-16-6-3-2-4-7-16;1-2/h2-4,6-7,10-12,20H,5,8-9,13-14H2,1H3;1-2H3. The highest BCUT2D eigenvalue weighted by molar-refractivity contribution is 5.90. The van der Waals surface area contributed by atoms with Gasteiger partial charge in [-0.05, 0) is 49.4 Å². The Balaban J connectivity index is 0.000000872. The first-order chi connectivity index (χ1) is 13.2. The molecular formula is C24H28N2O. The molecule has 3 aromatic rings. The number of amides is 1. The van der Waals surface area contributed by atoms with Gasteiger partial charge in [-0.2, -0.15) is 0 Å². The Kier molecular flexibility index (Phi) is 4.77. The van der Waals surface area contributed by atoms with Crippen molar-refractivity contribution in [2.24, 2.45) is 0 Å². The zero-order valence-electron chi connectivity index (χ0n) is 16.5. The number of carbonyl (C=O) groups excluding carboxylic acids is 1. The molecule has 1 amide bonds. The van der Waals surface area contributed by atoms with Crippen molar-refractivity contribution < 1.29 is 4.79 Å². The zero-order valence-corrected chi connectivity index (χ0v) is 16.5. The van der Waals surface area contributed by atoms with E-state index in [2.05, 4.69) is 58.9 Å². The van der Waals surface area contributed by atoms with E-state index in [1.54, 1.807) is 0 Å². The van der Waals surface area contributed by atoms with Gasteiger partial charge in [-0.15, -0.1) is 0 Å². The molecule has 2 aromatic carbocycles. The predicted molar refractivity (Wildman–Crippen MR) is 111 cm³/mol. The van der Waals surface area contributed by atoms with Gasteiger partial charge in [0.2, 0.25) is 5.91 Å². The van der Waals surface area contributed by atoms with Crippen molar-refractivity contribution >= 4 is 16.8 Å². The van der Waals surface area contributed by atoms with E-state index in [0.717, 1.165) is 19.3 Å². The Hall–Kier alpha value is -2.55. The first-order valence-electron chi connectivity index (χ1n) is 10.2. The van der Waals surface area contributed by atoms with Crippen molar-refractivity contribution in [1.29, 1.82) is 0 Å². The van der Waals surface area contributed by atoms with Crippen molar-refractivity contribution in [2.75, 3.05) is 0 Å². The molecule has 0 spiro atoms. The van der Waals surface area contributed by atoms with Crippen LogP contribution in [0.4, 0.5) is 0 Å². The normalized spacial score (nSPS) is 18.1. The molecule has 3 heteroatoms. The Labute approximate surface area is 161 Å². The van der Waals surface area contributed by atoms with Crippen LogP contribution in [0.3, 0.4) is 0 Å². The van der Waals surface area contributed by atoms with E-state index in [-0.39, 0.29) is 11.9 Å². The summed E-state index contributed by atoms with van der Waals surface area (Å²) in [6.45, 7) is 7.33. The van der Waals surface area contributed by atoms with E-state index in [0.29, 0.717) is 13.1 Å². The number of benzene rings is 2. The molecule has 0 radical (unpaired) electrons. The minimum absolute atomic E-state index is 0.220. The molecule has 0 saturated carbocycles. The molecule has 3 nitrogen and oxygen atoms in total. The molecule has 1 unspecified atom stereocenters. The van der Waals surface area contributed by atoms with E-state index in [1.165, 1.54) is 33.3 Å². The first-order valence-corrected chi connectivity index (χ1v) is 10.2. The molecule has 2 aliphatic rings. The third-order valence-electron chi connectivity index (χ3n) is 5.77. The van der Waals surface area contributed by atoms with E-state index in [4.69, 9.17) is 0 Å². The zero-order chi connectivity index (χ0) is 19.0. The van der Waals surface area contributed by atoms with Gasteiger partial charge in [0.05, 0.1) is 6.04 Å². The van der Waals surface area contributed by atoms with E-state index >= 15 is 0 Å². The molecule has 0 saturated heterocycles. The number of hydrogen-bond donors (Lipinski definition) is 0. The average molecular weight is 361 g/mol. The smallest absolute Gasteiger partial charge is 0.243 e. The van der Waals surface area contributed by atoms with Gasteiger partial charge in [-0.3, -0.25) is 4.79 Å². The molecule has 2 heterocycles. The number of nitrogens with zero attached hydrogens (tertiary/aromatic N) is 2. The Morgan fingerprint density at radius 3 is 2.63 bits per heavy atom. The van der Waals surface area contributed by atoms with Gasteiger partial charge < -0.3 is 9.47 Å². The third kappa shape index (κ3) is 2.95. The summed E-state index contributed by atoms with van der Waals surface area (Å²) in [5, 5.41) is 1.36. The molecule has 5 rings (SSSR count). The van der Waals surface area contributed by atoms with Crippen molar-refractivity contribution in [1.82, 2.24) is 9.47 Å². The third-order valence-corrected chi connectivity index (χ3v) is 5.77. The van der Waals surface area contributed by atoms with Gasteiger partial charge >= 0.3 is 0 Å². The van der Waals surface area contributed by atoms with Crippen LogP contribution in [-0.2, 0) is 24.3 Å². The highest BCUT2D eigenvalue weighted by Crippen LogP contribution is 2.43. The molecule has 27 heavy (non-hydrogen) atoms. The molecular weight excluding hydrogens is 332 g/mol. The van der Waals surface area contributed by atoms with Crippen molar-refractivity contribution in [2.45, 2.75) is 59.2 Å². The molecule has 1 aliphatic heterocycles. The summed E-state index contributed by atoms with van der Waals surface area (Å²) >= 11 is 0. The van der Waals surface area contributed by atoms with Crippen LogP contribution in [0.25, 0.3) is 10.9 Å². The lowest BCUT2D eigenvalue weighted by Crippen LogP contribution is -2.43. The molecule has 0 bridgehead atoms. The van der Waals surface area contributed by atoms with Crippen LogP contribution < -0.4 is 0 Å². The highest BCUT2D eigenvalue weighted by Gasteiger charge is 2.38. The van der Waals surface area contributed by atoms with Gasteiger partial charge in [0.25, 0.3) is 0 Å². The van der Waals surface area contributed by atoms with Crippen LogP contribution in [0.1, 0.15) is 55.1 Å². The molecule has 1 atom stereocenters. The molecule has 0 N–H and O–H groups in total. The predicted octanol–water partition coefficient (Wildman–Crippen LogP) is 5.40. The monoisotopic (exact) mass is 360 g/mol. The number of hydrogen-bond acceptors (Lipinski definition) is 1. The Bertz CT molecular complexity index is 971. The average Bonchev–Trinajstić information content (AvgIpc) is 3.01. The van der Waals surface area contributed by atoms with Crippen LogP contribution in [0.5, 0.6) is 0 Å². The van der Waals surface area contributed by atoms with Crippen LogP contribution >= 0.6 is 0 Å². The van der Waals surface area contributed by atoms with Gasteiger partial charge in [0.1, 0.15) is 6.54 Å². The maximum Gasteiger partial charge on any atom is 0.243 e. The first kappa shape index (κ1) is 17.8. The quantitative estimate of drug-likeness (QED) is 0.601. The molecule has 0 fully saturated rings. The maximum absolute atomic E-state index is 13.0. The van der Waals surface area contributed by atoms with Gasteiger partial charge in [0.15, 0.2) is 0 Å². The fourth-order valence-corrected chi connectivity index (χ4v) is 4.66. The van der Waals surface area contributed by atoms with E-state index in [9.17, 15) is 4.79 Å². The van der Waals surface area contributed by atoms with E-state index in [1.807, 2.05) is 19.9 Å². The number of aryl methyl sites for hydroxylation is 2. The van der Waals surface area contributed by atoms with Gasteiger partial charge in [0, 0.05) is 23.1 Å².